The molecule has 2 heterocycles. The molecule has 0 saturated carbocycles. The fourth-order valence-electron chi connectivity index (χ4n) is 2.63. The van der Waals surface area contributed by atoms with Crippen LogP contribution in [0.3, 0.4) is 0 Å². The summed E-state index contributed by atoms with van der Waals surface area (Å²) in [6.07, 6.45) is 2.54. The Bertz CT molecular complexity index is 469. The third kappa shape index (κ3) is 3.95. The number of carbonyl (C=O) groups is 2. The fraction of sp³-hybridized carbons (Fsp3) is 0.643. The number of amides is 1. The van der Waals surface area contributed by atoms with Gasteiger partial charge < -0.3 is 20.2 Å². The van der Waals surface area contributed by atoms with Crippen molar-refractivity contribution < 1.29 is 14.7 Å². The lowest BCUT2D eigenvalue weighted by Crippen LogP contribution is -2.43. The Kier molecular flexibility index (Phi) is 5.17. The first-order valence-electron chi connectivity index (χ1n) is 7.20. The van der Waals surface area contributed by atoms with E-state index >= 15 is 0 Å². The maximum Gasteiger partial charge on any atom is 0.306 e. The van der Waals surface area contributed by atoms with E-state index in [9.17, 15) is 14.9 Å². The number of aliphatic carboxylic acids is 1. The van der Waals surface area contributed by atoms with Crippen molar-refractivity contribution in [1.29, 1.82) is 5.26 Å². The number of piperazine rings is 1. The zero-order valence-electron chi connectivity index (χ0n) is 11.9. The van der Waals surface area contributed by atoms with Gasteiger partial charge in [-0.2, -0.15) is 5.26 Å². The molecule has 21 heavy (non-hydrogen) atoms. The Morgan fingerprint density at radius 3 is 2.33 bits per heavy atom. The molecule has 0 bridgehead atoms. The maximum absolute atomic E-state index is 12.3. The van der Waals surface area contributed by atoms with Crippen LogP contribution in [0.1, 0.15) is 12.8 Å². The summed E-state index contributed by atoms with van der Waals surface area (Å²) >= 11 is 0. The zero-order valence-corrected chi connectivity index (χ0v) is 11.9. The van der Waals surface area contributed by atoms with Crippen molar-refractivity contribution >= 4 is 11.9 Å². The summed E-state index contributed by atoms with van der Waals surface area (Å²) in [5.41, 5.74) is 0.130. The zero-order chi connectivity index (χ0) is 15.2. The first-order valence-corrected chi connectivity index (χ1v) is 7.20. The Morgan fingerprint density at radius 2 is 1.81 bits per heavy atom. The van der Waals surface area contributed by atoms with Gasteiger partial charge in [0.05, 0.1) is 5.92 Å². The van der Waals surface area contributed by atoms with E-state index in [1.54, 1.807) is 11.1 Å². The van der Waals surface area contributed by atoms with E-state index in [1.807, 2.05) is 11.0 Å². The van der Waals surface area contributed by atoms with Crippen LogP contribution in [-0.4, -0.2) is 66.1 Å². The number of likely N-dealkylation sites (tertiary alicyclic amines) is 1. The van der Waals surface area contributed by atoms with E-state index in [2.05, 4.69) is 5.32 Å². The topological polar surface area (TPSA) is 96.7 Å². The van der Waals surface area contributed by atoms with Crippen LogP contribution < -0.4 is 5.32 Å². The highest BCUT2D eigenvalue weighted by Crippen LogP contribution is 2.19. The number of piperidine rings is 1. The number of hydrogen-bond acceptors (Lipinski definition) is 5. The molecule has 0 unspecified atom stereocenters. The number of carboxylic acid groups (broad SMARTS) is 1. The monoisotopic (exact) mass is 292 g/mol. The second kappa shape index (κ2) is 7.09. The van der Waals surface area contributed by atoms with Crippen molar-refractivity contribution in [3.8, 4) is 6.07 Å². The van der Waals surface area contributed by atoms with Crippen LogP contribution in [0.5, 0.6) is 0 Å². The van der Waals surface area contributed by atoms with Gasteiger partial charge in [0.25, 0.3) is 5.91 Å². The second-order valence-corrected chi connectivity index (χ2v) is 5.35. The Labute approximate surface area is 123 Å². The molecular formula is C14H20N4O3. The molecule has 0 aliphatic carbocycles. The predicted molar refractivity (Wildman–Crippen MR) is 75.1 cm³/mol. The van der Waals surface area contributed by atoms with Crippen LogP contribution in [0.4, 0.5) is 0 Å². The molecule has 0 atom stereocenters. The minimum absolute atomic E-state index is 0.130. The van der Waals surface area contributed by atoms with E-state index in [1.165, 1.54) is 0 Å². The lowest BCUT2D eigenvalue weighted by molar-refractivity contribution is -0.145. The van der Waals surface area contributed by atoms with E-state index in [0.717, 1.165) is 26.2 Å². The van der Waals surface area contributed by atoms with Gasteiger partial charge >= 0.3 is 5.97 Å². The average Bonchev–Trinajstić information content (AvgIpc) is 2.53. The van der Waals surface area contributed by atoms with Crippen molar-refractivity contribution in [2.45, 2.75) is 12.8 Å². The van der Waals surface area contributed by atoms with Crippen LogP contribution in [-0.2, 0) is 9.59 Å². The number of hydrogen-bond donors (Lipinski definition) is 2. The van der Waals surface area contributed by atoms with Gasteiger partial charge in [-0.1, -0.05) is 0 Å². The number of nitrogens with zero attached hydrogens (tertiary/aromatic N) is 3. The number of nitrogens with one attached hydrogen (secondary N) is 1. The SMILES string of the molecule is N#C/C(=C/N1CCNCC1)C(=O)N1CCC(C(=O)O)CC1. The summed E-state index contributed by atoms with van der Waals surface area (Å²) in [6.45, 7) is 4.03. The van der Waals surface area contributed by atoms with Crippen molar-refractivity contribution in [2.75, 3.05) is 39.3 Å². The van der Waals surface area contributed by atoms with Crippen LogP contribution in [0, 0.1) is 17.2 Å². The highest BCUT2D eigenvalue weighted by atomic mass is 16.4. The Balaban J connectivity index is 1.96. The molecule has 2 N–H and O–H groups in total. The molecule has 2 saturated heterocycles. The summed E-state index contributed by atoms with van der Waals surface area (Å²) < 4.78 is 0. The standard InChI is InChI=1S/C14H20N4O3/c15-9-12(10-17-7-3-16-4-8-17)13(19)18-5-1-11(2-6-18)14(20)21/h10-11,16H,1-8H2,(H,20,21)/b12-10-. The third-order valence-electron chi connectivity index (χ3n) is 3.95. The Hall–Kier alpha value is -2.07. The van der Waals surface area contributed by atoms with Gasteiger partial charge in [-0.25, -0.2) is 0 Å². The van der Waals surface area contributed by atoms with Gasteiger partial charge in [0.2, 0.25) is 0 Å². The van der Waals surface area contributed by atoms with E-state index < -0.39 is 5.97 Å². The molecule has 0 aromatic heterocycles. The smallest absolute Gasteiger partial charge is 0.306 e. The van der Waals surface area contributed by atoms with Gasteiger partial charge in [0.15, 0.2) is 0 Å². The van der Waals surface area contributed by atoms with Crippen molar-refractivity contribution in [3.63, 3.8) is 0 Å². The molecule has 0 aromatic carbocycles. The van der Waals surface area contributed by atoms with Crippen LogP contribution >= 0.6 is 0 Å². The molecule has 7 heteroatoms. The second-order valence-electron chi connectivity index (χ2n) is 5.35. The molecule has 2 fully saturated rings. The van der Waals surface area contributed by atoms with Gasteiger partial charge in [0, 0.05) is 45.5 Å². The van der Waals surface area contributed by atoms with Crippen LogP contribution in [0.2, 0.25) is 0 Å². The van der Waals surface area contributed by atoms with E-state index in [4.69, 9.17) is 5.11 Å². The number of carboxylic acids is 1. The van der Waals surface area contributed by atoms with Crippen LogP contribution in [0.25, 0.3) is 0 Å². The van der Waals surface area contributed by atoms with Crippen LogP contribution in [0.15, 0.2) is 11.8 Å². The minimum Gasteiger partial charge on any atom is -0.481 e. The highest BCUT2D eigenvalue weighted by Gasteiger charge is 2.28. The van der Waals surface area contributed by atoms with Gasteiger partial charge in [-0.05, 0) is 12.8 Å². The first-order chi connectivity index (χ1) is 10.1. The lowest BCUT2D eigenvalue weighted by atomic mass is 9.97. The minimum atomic E-state index is -0.807. The predicted octanol–water partition coefficient (Wildman–Crippen LogP) is -0.378. The molecule has 2 aliphatic heterocycles. The van der Waals surface area contributed by atoms with Crippen molar-refractivity contribution in [1.82, 2.24) is 15.1 Å². The molecule has 7 nitrogen and oxygen atoms in total. The number of carbonyl (C=O) groups excluding carboxylic acids is 1. The third-order valence-corrected chi connectivity index (χ3v) is 3.95. The summed E-state index contributed by atoms with van der Waals surface area (Å²) in [7, 11) is 0. The molecule has 0 aromatic rings. The highest BCUT2D eigenvalue weighted by molar-refractivity contribution is 5.97. The average molecular weight is 292 g/mol. The lowest BCUT2D eigenvalue weighted by Gasteiger charge is -2.31. The first kappa shape index (κ1) is 15.3. The summed E-state index contributed by atoms with van der Waals surface area (Å²) in [6, 6.07) is 1.97. The van der Waals surface area contributed by atoms with Gasteiger partial charge in [-0.15, -0.1) is 0 Å². The molecule has 1 amide bonds. The van der Waals surface area contributed by atoms with Crippen molar-refractivity contribution in [3.05, 3.63) is 11.8 Å². The molecule has 0 spiro atoms. The van der Waals surface area contributed by atoms with Gasteiger partial charge in [0.1, 0.15) is 11.6 Å². The number of rotatable bonds is 3. The fourth-order valence-corrected chi connectivity index (χ4v) is 2.63. The largest absolute Gasteiger partial charge is 0.481 e. The quantitative estimate of drug-likeness (QED) is 0.544. The summed E-state index contributed by atoms with van der Waals surface area (Å²) in [4.78, 5) is 26.8. The summed E-state index contributed by atoms with van der Waals surface area (Å²) in [5, 5.41) is 21.4. The summed E-state index contributed by atoms with van der Waals surface area (Å²) in [5.74, 6) is -1.48. The molecular weight excluding hydrogens is 272 g/mol. The molecule has 2 rings (SSSR count). The van der Waals surface area contributed by atoms with Gasteiger partial charge in [-0.3, -0.25) is 9.59 Å². The molecule has 2 aliphatic rings. The van der Waals surface area contributed by atoms with E-state index in [0.29, 0.717) is 25.9 Å². The normalized spacial score (nSPS) is 21.0. The molecule has 0 radical (unpaired) electrons. The maximum atomic E-state index is 12.3. The van der Waals surface area contributed by atoms with Crippen molar-refractivity contribution in [2.24, 2.45) is 5.92 Å². The number of nitriles is 1. The van der Waals surface area contributed by atoms with E-state index in [-0.39, 0.29) is 17.4 Å². The Morgan fingerprint density at radius 1 is 1.19 bits per heavy atom. The molecule has 114 valence electrons.